The number of aliphatic imine (C=N–C) groups is 1. The molecule has 0 spiro atoms. The van der Waals surface area contributed by atoms with E-state index < -0.39 is 120 Å². The molecule has 10 amide bonds. The molecule has 0 aliphatic carbocycles. The van der Waals surface area contributed by atoms with Gasteiger partial charge in [0.1, 0.15) is 48.1 Å². The molecule has 1 aliphatic rings. The predicted octanol–water partition coefficient (Wildman–Crippen LogP) is -1.67. The van der Waals surface area contributed by atoms with Crippen molar-refractivity contribution in [3.05, 3.63) is 35.6 Å². The smallest absolute Gasteiger partial charge is 0.245 e. The van der Waals surface area contributed by atoms with Crippen LogP contribution in [0, 0.1) is 17.7 Å². The molecule has 1 aliphatic heterocycles. The maximum absolute atomic E-state index is 14.2. The van der Waals surface area contributed by atoms with E-state index in [1.54, 1.807) is 41.5 Å². The summed E-state index contributed by atoms with van der Waals surface area (Å²) in [5.74, 6) is -8.60. The maximum Gasteiger partial charge on any atom is 0.245 e. The summed E-state index contributed by atoms with van der Waals surface area (Å²) in [4.78, 5) is 141. The highest BCUT2D eigenvalue weighted by Crippen LogP contribution is 2.21. The largest absolute Gasteiger partial charge is 0.391 e. The van der Waals surface area contributed by atoms with E-state index in [0.29, 0.717) is 44.2 Å². The number of aliphatic hydroxyl groups excluding tert-OH is 1. The zero-order chi connectivity index (χ0) is 56.5. The zero-order valence-corrected chi connectivity index (χ0v) is 44.9. The first-order valence-electron chi connectivity index (χ1n) is 25.7. The topological polar surface area (TPSA) is 358 Å². The number of likely N-dealkylation sites (tertiary alicyclic amines) is 1. The van der Waals surface area contributed by atoms with Crippen molar-refractivity contribution in [2.45, 2.75) is 162 Å². The lowest BCUT2D eigenvalue weighted by atomic mass is 9.96. The summed E-state index contributed by atoms with van der Waals surface area (Å²) in [6.45, 7) is 12.8. The molecule has 420 valence electrons. The normalized spacial score (nSPS) is 16.6. The molecule has 1 saturated heterocycles. The maximum atomic E-state index is 14.2. The number of carbonyl (C=O) groups excluding carboxylic acids is 10. The van der Waals surface area contributed by atoms with E-state index in [1.807, 2.05) is 0 Å². The van der Waals surface area contributed by atoms with E-state index >= 15 is 0 Å². The van der Waals surface area contributed by atoms with Gasteiger partial charge in [-0.3, -0.25) is 52.9 Å². The van der Waals surface area contributed by atoms with Crippen LogP contribution in [0.15, 0.2) is 29.3 Å². The van der Waals surface area contributed by atoms with Crippen molar-refractivity contribution < 1.29 is 57.4 Å². The Morgan fingerprint density at radius 2 is 1.28 bits per heavy atom. The third-order valence-corrected chi connectivity index (χ3v) is 13.0. The summed E-state index contributed by atoms with van der Waals surface area (Å²) >= 11 is 0. The molecule has 1 fully saturated rings. The lowest BCUT2D eigenvalue weighted by Crippen LogP contribution is -2.63. The molecule has 1 aromatic rings. The van der Waals surface area contributed by atoms with Crippen LogP contribution < -0.4 is 54.0 Å². The highest BCUT2D eigenvalue weighted by molar-refractivity contribution is 5.98. The lowest BCUT2D eigenvalue weighted by molar-refractivity contribution is -0.142. The van der Waals surface area contributed by atoms with Crippen LogP contribution in [0.4, 0.5) is 4.39 Å². The number of benzene rings is 1. The van der Waals surface area contributed by atoms with Gasteiger partial charge in [-0.2, -0.15) is 0 Å². The Bertz CT molecular complexity index is 2140. The Kier molecular flexibility index (Phi) is 27.7. The van der Waals surface area contributed by atoms with Gasteiger partial charge in [-0.1, -0.05) is 66.0 Å². The van der Waals surface area contributed by atoms with Gasteiger partial charge in [0.05, 0.1) is 19.2 Å². The van der Waals surface area contributed by atoms with E-state index in [9.17, 15) is 57.4 Å². The SMILES string of the molecule is CCC[C@H](NC(=O)[C@@H](NC(=O)[C@H](NC(=O)[C@H](Cc1ccc(F)cc1)NC(=O)CNC(=O)CN(C)C(C)=O)C(C)CC)[C@@H](C)O)C(=O)N[C@H](C(=O)N[C@@H](CCCN=C(N)N)C(=O)N1CCC[C@H]1C(=O)NCC)[C@@H](C)CC. The van der Waals surface area contributed by atoms with Crippen LogP contribution in [0.5, 0.6) is 0 Å². The second kappa shape index (κ2) is 32.4. The van der Waals surface area contributed by atoms with E-state index in [2.05, 4.69) is 47.5 Å². The third-order valence-electron chi connectivity index (χ3n) is 13.0. The fourth-order valence-electron chi connectivity index (χ4n) is 8.07. The molecular formula is C50H82FN13O11. The van der Waals surface area contributed by atoms with Crippen molar-refractivity contribution in [2.24, 2.45) is 28.3 Å². The summed E-state index contributed by atoms with van der Waals surface area (Å²) in [7, 11) is 1.40. The number of aliphatic hydroxyl groups is 1. The summed E-state index contributed by atoms with van der Waals surface area (Å²) in [6.07, 6.45) is 0.814. The molecule has 0 saturated carbocycles. The molecule has 0 bridgehead atoms. The van der Waals surface area contributed by atoms with Gasteiger partial charge >= 0.3 is 0 Å². The second-order valence-electron chi connectivity index (χ2n) is 19.0. The molecule has 0 aromatic heterocycles. The van der Waals surface area contributed by atoms with Crippen LogP contribution in [0.2, 0.25) is 0 Å². The monoisotopic (exact) mass is 1060 g/mol. The minimum absolute atomic E-state index is 0.0564. The first-order valence-corrected chi connectivity index (χ1v) is 25.7. The number of carbonyl (C=O) groups is 10. The van der Waals surface area contributed by atoms with Crippen LogP contribution >= 0.6 is 0 Å². The van der Waals surface area contributed by atoms with Gasteiger partial charge in [-0.05, 0) is 75.5 Å². The average Bonchev–Trinajstić information content (AvgIpc) is 3.86. The lowest BCUT2D eigenvalue weighted by Gasteiger charge is -2.32. The van der Waals surface area contributed by atoms with E-state index in [1.165, 1.54) is 37.9 Å². The summed E-state index contributed by atoms with van der Waals surface area (Å²) in [6, 6.07) is -3.65. The molecule has 2 rings (SSSR count). The van der Waals surface area contributed by atoms with Gasteiger partial charge in [0.2, 0.25) is 59.1 Å². The van der Waals surface area contributed by atoms with Crippen molar-refractivity contribution in [1.29, 1.82) is 0 Å². The highest BCUT2D eigenvalue weighted by Gasteiger charge is 2.40. The van der Waals surface area contributed by atoms with Gasteiger partial charge in [-0.25, -0.2) is 4.39 Å². The van der Waals surface area contributed by atoms with E-state index in [0.717, 1.165) is 17.0 Å². The Morgan fingerprint density at radius 3 is 1.81 bits per heavy atom. The zero-order valence-electron chi connectivity index (χ0n) is 44.9. The second-order valence-corrected chi connectivity index (χ2v) is 19.0. The van der Waals surface area contributed by atoms with Crippen LogP contribution in [0.1, 0.15) is 112 Å². The number of nitrogens with zero attached hydrogens (tertiary/aromatic N) is 3. The number of guanidine groups is 1. The van der Waals surface area contributed by atoms with E-state index in [4.69, 9.17) is 11.5 Å². The number of amides is 10. The number of hydrogen-bond donors (Lipinski definition) is 11. The number of hydrogen-bond acceptors (Lipinski definition) is 12. The van der Waals surface area contributed by atoms with Crippen LogP contribution in [-0.4, -0.2) is 168 Å². The number of nitrogens with two attached hydrogens (primary N) is 2. The number of halogens is 1. The highest BCUT2D eigenvalue weighted by atomic mass is 19.1. The van der Waals surface area contributed by atoms with Crippen molar-refractivity contribution in [3.8, 4) is 0 Å². The standard InChI is InChI=1S/C50H82FN13O11/c1-10-16-34(43(69)60-40(28(5)11-2)46(72)59-35(17-14-23-55-50(52)53)49(75)64-24-15-18-37(64)45(71)54-13-4)58-48(74)42(30(7)65)62-47(73)41(29(6)12-3)61-44(70)36(25-32-19-21-33(51)22-20-32)57-38(67)26-56-39(68)27-63(9)31(8)66/h19-22,28-30,34-37,40-42,65H,10-18,23-27H2,1-9H3,(H,54,71)(H,56,68)(H,57,67)(H,58,74)(H,59,72)(H,60,69)(H,61,70)(H,62,73)(H4,52,53,55)/t28-,29?,30+,34-,35-,36-,37-,40-,41+,42-/m0/s1. The Labute approximate surface area is 439 Å². The minimum Gasteiger partial charge on any atom is -0.391 e. The van der Waals surface area contributed by atoms with Crippen LogP contribution in [-0.2, 0) is 54.4 Å². The molecule has 0 radical (unpaired) electrons. The first-order chi connectivity index (χ1) is 35.4. The van der Waals surface area contributed by atoms with Crippen molar-refractivity contribution in [3.63, 3.8) is 0 Å². The van der Waals surface area contributed by atoms with Crippen LogP contribution in [0.3, 0.4) is 0 Å². The predicted molar refractivity (Wildman–Crippen MR) is 277 cm³/mol. The summed E-state index contributed by atoms with van der Waals surface area (Å²) < 4.78 is 13.8. The summed E-state index contributed by atoms with van der Waals surface area (Å²) in [5.41, 5.74) is 11.4. The quantitative estimate of drug-likeness (QED) is 0.0225. The number of likely N-dealkylation sites (N-methyl/N-ethyl adjacent to an activating group) is 2. The van der Waals surface area contributed by atoms with Gasteiger partial charge in [0, 0.05) is 40.0 Å². The molecule has 25 heteroatoms. The molecule has 24 nitrogen and oxygen atoms in total. The van der Waals surface area contributed by atoms with Crippen LogP contribution in [0.25, 0.3) is 0 Å². The van der Waals surface area contributed by atoms with E-state index in [-0.39, 0.29) is 63.1 Å². The number of nitrogens with one attached hydrogen (secondary N) is 8. The number of rotatable bonds is 31. The van der Waals surface area contributed by atoms with Gasteiger partial charge in [0.25, 0.3) is 0 Å². The third kappa shape index (κ3) is 21.5. The minimum atomic E-state index is -1.68. The van der Waals surface area contributed by atoms with Crippen molar-refractivity contribution >= 4 is 65.0 Å². The molecule has 10 atom stereocenters. The summed E-state index contributed by atoms with van der Waals surface area (Å²) in [5, 5.41) is 31.9. The van der Waals surface area contributed by atoms with Gasteiger partial charge in [0.15, 0.2) is 5.96 Å². The Balaban J connectivity index is 2.35. The molecule has 1 aromatic carbocycles. The van der Waals surface area contributed by atoms with Crippen molar-refractivity contribution in [2.75, 3.05) is 39.8 Å². The Morgan fingerprint density at radius 1 is 0.733 bits per heavy atom. The molecule has 75 heavy (non-hydrogen) atoms. The molecule has 1 unspecified atom stereocenters. The molecular weight excluding hydrogens is 978 g/mol. The van der Waals surface area contributed by atoms with Gasteiger partial charge in [-0.15, -0.1) is 0 Å². The fraction of sp³-hybridized carbons (Fsp3) is 0.660. The molecule has 1 heterocycles. The Hall–Kier alpha value is -6.92. The average molecular weight is 1060 g/mol. The fourth-order valence-corrected chi connectivity index (χ4v) is 8.07. The van der Waals surface area contributed by atoms with Gasteiger partial charge < -0.3 is 68.9 Å². The first kappa shape index (κ1) is 64.2. The molecule has 13 N–H and O–H groups in total. The van der Waals surface area contributed by atoms with Crippen molar-refractivity contribution in [1.82, 2.24) is 52.3 Å².